The molecule has 1 unspecified atom stereocenters. The van der Waals surface area contributed by atoms with E-state index in [4.69, 9.17) is 9.84 Å². The van der Waals surface area contributed by atoms with Crippen LogP contribution in [0.2, 0.25) is 0 Å². The number of aliphatic hydroxyl groups is 1. The molecule has 0 fully saturated rings. The lowest BCUT2D eigenvalue weighted by atomic mass is 9.75. The topological polar surface area (TPSA) is 63.6 Å². The third-order valence-corrected chi connectivity index (χ3v) is 4.60. The molecule has 1 aliphatic carbocycles. The van der Waals surface area contributed by atoms with Crippen LogP contribution in [0, 0.1) is 23.2 Å². The van der Waals surface area contributed by atoms with Crippen LogP contribution in [0.1, 0.15) is 27.7 Å². The monoisotopic (exact) mass is 352 g/mol. The Morgan fingerprint density at radius 2 is 1.96 bits per heavy atom. The molecule has 0 aliphatic heterocycles. The number of rotatable bonds is 5. The van der Waals surface area contributed by atoms with E-state index in [1.807, 2.05) is 32.0 Å². The van der Waals surface area contributed by atoms with Crippen LogP contribution in [-0.2, 0) is 9.59 Å². The van der Waals surface area contributed by atoms with Gasteiger partial charge in [-0.05, 0) is 37.6 Å². The Morgan fingerprint density at radius 3 is 2.58 bits per heavy atom. The number of hydrogen-bond donors (Lipinski definition) is 1. The van der Waals surface area contributed by atoms with Crippen molar-refractivity contribution < 1.29 is 19.4 Å². The molecule has 0 radical (unpaired) electrons. The number of para-hydroxylation sites is 1. The van der Waals surface area contributed by atoms with Crippen LogP contribution in [-0.4, -0.2) is 29.9 Å². The first kappa shape index (κ1) is 19.7. The smallest absolute Gasteiger partial charge is 0.181 e. The Morgan fingerprint density at radius 1 is 1.31 bits per heavy atom. The number of benzene rings is 1. The first-order chi connectivity index (χ1) is 12.3. The van der Waals surface area contributed by atoms with Gasteiger partial charge in [-0.3, -0.25) is 9.59 Å². The molecule has 1 aromatic carbocycles. The second-order valence-corrected chi connectivity index (χ2v) is 6.91. The van der Waals surface area contributed by atoms with Gasteiger partial charge in [0.1, 0.15) is 12.4 Å². The molecule has 1 N–H and O–H groups in total. The number of aliphatic hydroxyl groups excluding tert-OH is 1. The highest BCUT2D eigenvalue weighted by Crippen LogP contribution is 2.45. The Kier molecular flexibility index (Phi) is 6.18. The Balaban J connectivity index is 2.20. The van der Waals surface area contributed by atoms with Crippen molar-refractivity contribution in [3.05, 3.63) is 53.1 Å². The summed E-state index contributed by atoms with van der Waals surface area (Å²) in [6.45, 7) is 6.99. The van der Waals surface area contributed by atoms with Crippen LogP contribution in [0.5, 0.6) is 5.75 Å². The van der Waals surface area contributed by atoms with Crippen LogP contribution in [0.4, 0.5) is 0 Å². The van der Waals surface area contributed by atoms with Crippen molar-refractivity contribution in [1.29, 1.82) is 0 Å². The second-order valence-electron chi connectivity index (χ2n) is 6.91. The van der Waals surface area contributed by atoms with E-state index in [2.05, 4.69) is 11.8 Å². The minimum Gasteiger partial charge on any atom is -0.486 e. The van der Waals surface area contributed by atoms with Crippen LogP contribution in [0.25, 0.3) is 0 Å². The van der Waals surface area contributed by atoms with Gasteiger partial charge in [0.05, 0.1) is 12.5 Å². The molecule has 26 heavy (non-hydrogen) atoms. The molecular formula is C22H24O4. The third kappa shape index (κ3) is 4.12. The van der Waals surface area contributed by atoms with Gasteiger partial charge in [-0.25, -0.2) is 0 Å². The van der Waals surface area contributed by atoms with Crippen LogP contribution < -0.4 is 4.74 Å². The normalized spacial score (nSPS) is 19.2. The molecule has 4 nitrogen and oxygen atoms in total. The maximum atomic E-state index is 12.7. The van der Waals surface area contributed by atoms with E-state index in [-0.39, 0.29) is 24.8 Å². The highest BCUT2D eigenvalue weighted by Gasteiger charge is 2.49. The maximum absolute atomic E-state index is 12.7. The molecular weight excluding hydrogens is 328 g/mol. The molecule has 0 spiro atoms. The van der Waals surface area contributed by atoms with Crippen molar-refractivity contribution in [3.8, 4) is 17.6 Å². The minimum absolute atomic E-state index is 0.0845. The largest absolute Gasteiger partial charge is 0.486 e. The zero-order valence-electron chi connectivity index (χ0n) is 15.6. The number of carbonyl (C=O) groups excluding carboxylic acids is 2. The quantitative estimate of drug-likeness (QED) is 0.653. The van der Waals surface area contributed by atoms with E-state index < -0.39 is 11.3 Å². The third-order valence-electron chi connectivity index (χ3n) is 4.60. The van der Waals surface area contributed by atoms with Crippen molar-refractivity contribution in [2.75, 3.05) is 13.2 Å². The summed E-state index contributed by atoms with van der Waals surface area (Å²) in [5.41, 5.74) is 1.23. The lowest BCUT2D eigenvalue weighted by Gasteiger charge is -2.26. The Labute approximate surface area is 154 Å². The van der Waals surface area contributed by atoms with Gasteiger partial charge in [0.2, 0.25) is 0 Å². The van der Waals surface area contributed by atoms with E-state index in [9.17, 15) is 9.59 Å². The molecule has 4 heteroatoms. The summed E-state index contributed by atoms with van der Waals surface area (Å²) in [5.74, 6) is 5.34. The first-order valence-corrected chi connectivity index (χ1v) is 8.54. The van der Waals surface area contributed by atoms with E-state index in [1.165, 1.54) is 0 Å². The van der Waals surface area contributed by atoms with Crippen molar-refractivity contribution in [1.82, 2.24) is 0 Å². The van der Waals surface area contributed by atoms with Gasteiger partial charge in [0, 0.05) is 16.6 Å². The summed E-state index contributed by atoms with van der Waals surface area (Å²) in [5, 5.41) is 8.92. The number of Topliss-reactive ketones (excluding diaryl/α,β-unsaturated/α-hetero) is 2. The number of hydrogen-bond acceptors (Lipinski definition) is 4. The van der Waals surface area contributed by atoms with Crippen molar-refractivity contribution in [2.24, 2.45) is 11.3 Å². The number of ether oxygens (including phenoxy) is 1. The highest BCUT2D eigenvalue weighted by atomic mass is 16.5. The fourth-order valence-corrected chi connectivity index (χ4v) is 3.20. The van der Waals surface area contributed by atoms with Gasteiger partial charge in [-0.2, -0.15) is 0 Å². The van der Waals surface area contributed by atoms with Crippen molar-refractivity contribution in [2.45, 2.75) is 27.7 Å². The lowest BCUT2D eigenvalue weighted by Crippen LogP contribution is -2.36. The van der Waals surface area contributed by atoms with E-state index in [1.54, 1.807) is 32.1 Å². The molecule has 0 bridgehead atoms. The van der Waals surface area contributed by atoms with Gasteiger partial charge in [0.25, 0.3) is 0 Å². The van der Waals surface area contributed by atoms with Crippen LogP contribution in [0.15, 0.2) is 53.1 Å². The van der Waals surface area contributed by atoms with Crippen LogP contribution >= 0.6 is 0 Å². The summed E-state index contributed by atoms with van der Waals surface area (Å²) in [6.07, 6.45) is 1.60. The average Bonchev–Trinajstić information content (AvgIpc) is 2.77. The lowest BCUT2D eigenvalue weighted by molar-refractivity contribution is -0.134. The molecule has 0 heterocycles. The average molecular weight is 352 g/mol. The number of carbonyl (C=O) groups is 2. The molecule has 0 saturated carbocycles. The summed E-state index contributed by atoms with van der Waals surface area (Å²) >= 11 is 0. The number of allylic oxidation sites excluding steroid dienone is 3. The second kappa shape index (κ2) is 8.16. The molecule has 1 aromatic rings. The SMILES string of the molecule is CC(C#CC1=C(C)C(=O)C(C(=O)COc2ccccc2)C1(C)C)=CCO. The van der Waals surface area contributed by atoms with Gasteiger partial charge in [0.15, 0.2) is 11.6 Å². The van der Waals surface area contributed by atoms with E-state index >= 15 is 0 Å². The zero-order valence-corrected chi connectivity index (χ0v) is 15.6. The van der Waals surface area contributed by atoms with Crippen molar-refractivity contribution >= 4 is 11.6 Å². The van der Waals surface area contributed by atoms with Gasteiger partial charge in [-0.1, -0.05) is 43.9 Å². The predicted molar refractivity (Wildman–Crippen MR) is 101 cm³/mol. The fourth-order valence-electron chi connectivity index (χ4n) is 3.20. The maximum Gasteiger partial charge on any atom is 0.181 e. The molecule has 136 valence electrons. The summed E-state index contributed by atoms with van der Waals surface area (Å²) in [4.78, 5) is 25.4. The molecule has 0 aromatic heterocycles. The standard InChI is InChI=1S/C22H24O4/c1-15(12-13-23)10-11-18-16(2)21(25)20(22(18,3)4)19(24)14-26-17-8-6-5-7-9-17/h5-9,12,20,23H,13-14H2,1-4H3. The minimum atomic E-state index is -0.794. The zero-order chi connectivity index (χ0) is 19.3. The molecule has 0 amide bonds. The van der Waals surface area contributed by atoms with Gasteiger partial charge in [-0.15, -0.1) is 0 Å². The van der Waals surface area contributed by atoms with E-state index in [0.29, 0.717) is 16.9 Å². The summed E-state index contributed by atoms with van der Waals surface area (Å²) in [6, 6.07) is 9.05. The summed E-state index contributed by atoms with van der Waals surface area (Å²) < 4.78 is 5.53. The van der Waals surface area contributed by atoms with E-state index in [0.717, 1.165) is 5.57 Å². The fraction of sp³-hybridized carbons (Fsp3) is 0.364. The Hall–Kier alpha value is -2.64. The molecule has 0 saturated heterocycles. The number of ketones is 2. The molecule has 1 atom stereocenters. The molecule has 2 rings (SSSR count). The van der Waals surface area contributed by atoms with Gasteiger partial charge < -0.3 is 9.84 Å². The molecule has 1 aliphatic rings. The van der Waals surface area contributed by atoms with Crippen molar-refractivity contribution in [3.63, 3.8) is 0 Å². The summed E-state index contributed by atoms with van der Waals surface area (Å²) in [7, 11) is 0. The highest BCUT2D eigenvalue weighted by molar-refractivity contribution is 6.15. The predicted octanol–water partition coefficient (Wildman–Crippen LogP) is 3.12. The Bertz CT molecular complexity index is 817. The van der Waals surface area contributed by atoms with Crippen LogP contribution in [0.3, 0.4) is 0 Å². The van der Waals surface area contributed by atoms with Gasteiger partial charge >= 0.3 is 0 Å². The first-order valence-electron chi connectivity index (χ1n) is 8.54.